The lowest BCUT2D eigenvalue weighted by molar-refractivity contribution is -0.135. The van der Waals surface area contributed by atoms with E-state index in [1.165, 1.54) is 15.9 Å². The molecule has 2 aromatic carbocycles. The number of amides is 1. The van der Waals surface area contributed by atoms with Gasteiger partial charge in [0.05, 0.1) is 17.5 Å². The molecule has 2 aliphatic rings. The van der Waals surface area contributed by atoms with Crippen LogP contribution in [0.3, 0.4) is 0 Å². The Morgan fingerprint density at radius 2 is 1.72 bits per heavy atom. The lowest BCUT2D eigenvalue weighted by Crippen LogP contribution is -2.38. The molecule has 0 atom stereocenters. The molecular weight excluding hydrogens is 392 g/mol. The average molecular weight is 414 g/mol. The SMILES string of the molecule is CS(=O)(=O)N1CCc2cc(C(=O)OCC(=O)N3CCc4ccccc4C3)ccc21. The summed E-state index contributed by atoms with van der Waals surface area (Å²) in [6.07, 6.45) is 2.49. The molecule has 0 radical (unpaired) electrons. The monoisotopic (exact) mass is 414 g/mol. The fourth-order valence-corrected chi connectivity index (χ4v) is 4.81. The van der Waals surface area contributed by atoms with Crippen LogP contribution in [0.5, 0.6) is 0 Å². The van der Waals surface area contributed by atoms with Gasteiger partial charge in [0.1, 0.15) is 0 Å². The van der Waals surface area contributed by atoms with Gasteiger partial charge in [0, 0.05) is 19.6 Å². The predicted molar refractivity (Wildman–Crippen MR) is 108 cm³/mol. The maximum Gasteiger partial charge on any atom is 0.338 e. The Morgan fingerprint density at radius 3 is 2.48 bits per heavy atom. The van der Waals surface area contributed by atoms with Gasteiger partial charge in [-0.3, -0.25) is 9.10 Å². The predicted octanol–water partition coefficient (Wildman–Crippen LogP) is 1.75. The van der Waals surface area contributed by atoms with Crippen molar-refractivity contribution in [1.82, 2.24) is 4.90 Å². The summed E-state index contributed by atoms with van der Waals surface area (Å²) >= 11 is 0. The molecule has 2 aliphatic heterocycles. The summed E-state index contributed by atoms with van der Waals surface area (Å²) in [5.41, 5.74) is 4.05. The third-order valence-corrected chi connectivity index (χ3v) is 6.56. The van der Waals surface area contributed by atoms with Gasteiger partial charge in [0.15, 0.2) is 6.61 Å². The second-order valence-corrected chi connectivity index (χ2v) is 9.25. The first kappa shape index (κ1) is 19.4. The molecule has 2 heterocycles. The molecule has 0 saturated carbocycles. The molecule has 0 saturated heterocycles. The van der Waals surface area contributed by atoms with Gasteiger partial charge < -0.3 is 9.64 Å². The minimum Gasteiger partial charge on any atom is -0.452 e. The third kappa shape index (κ3) is 3.98. The average Bonchev–Trinajstić information content (AvgIpc) is 3.15. The largest absolute Gasteiger partial charge is 0.452 e. The number of benzene rings is 2. The first-order chi connectivity index (χ1) is 13.8. The number of hydrogen-bond acceptors (Lipinski definition) is 5. The van der Waals surface area contributed by atoms with Gasteiger partial charge in [-0.2, -0.15) is 0 Å². The summed E-state index contributed by atoms with van der Waals surface area (Å²) in [4.78, 5) is 26.5. The van der Waals surface area contributed by atoms with Crippen molar-refractivity contribution in [2.24, 2.45) is 0 Å². The number of rotatable bonds is 4. The third-order valence-electron chi connectivity index (χ3n) is 5.38. The van der Waals surface area contributed by atoms with Crippen LogP contribution in [0.2, 0.25) is 0 Å². The smallest absolute Gasteiger partial charge is 0.338 e. The van der Waals surface area contributed by atoms with Gasteiger partial charge in [-0.05, 0) is 47.7 Å². The number of carbonyl (C=O) groups is 2. The Kier molecular flexibility index (Phi) is 5.04. The van der Waals surface area contributed by atoms with Crippen molar-refractivity contribution in [3.05, 3.63) is 64.7 Å². The van der Waals surface area contributed by atoms with Crippen molar-refractivity contribution in [2.45, 2.75) is 19.4 Å². The van der Waals surface area contributed by atoms with Gasteiger partial charge in [-0.1, -0.05) is 24.3 Å². The van der Waals surface area contributed by atoms with Crippen molar-refractivity contribution in [3.63, 3.8) is 0 Å². The van der Waals surface area contributed by atoms with Gasteiger partial charge in [0.25, 0.3) is 5.91 Å². The van der Waals surface area contributed by atoms with E-state index in [1.54, 1.807) is 17.0 Å². The van der Waals surface area contributed by atoms with Gasteiger partial charge >= 0.3 is 5.97 Å². The van der Waals surface area contributed by atoms with Crippen LogP contribution in [0.1, 0.15) is 27.0 Å². The summed E-state index contributed by atoms with van der Waals surface area (Å²) in [7, 11) is -3.34. The van der Waals surface area contributed by atoms with Crippen LogP contribution in [-0.2, 0) is 38.9 Å². The van der Waals surface area contributed by atoms with Crippen molar-refractivity contribution in [3.8, 4) is 0 Å². The van der Waals surface area contributed by atoms with Gasteiger partial charge in [0.2, 0.25) is 10.0 Å². The van der Waals surface area contributed by atoms with E-state index in [4.69, 9.17) is 4.74 Å². The Balaban J connectivity index is 1.38. The summed E-state index contributed by atoms with van der Waals surface area (Å²) in [5.74, 6) is -0.811. The van der Waals surface area contributed by atoms with Gasteiger partial charge in [-0.25, -0.2) is 13.2 Å². The number of hydrogen-bond donors (Lipinski definition) is 0. The standard InChI is InChI=1S/C21H22N2O5S/c1-29(26,27)23-11-9-16-12-17(6-7-19(16)23)21(25)28-14-20(24)22-10-8-15-4-2-3-5-18(15)13-22/h2-7,12H,8-11,13-14H2,1H3. The highest BCUT2D eigenvalue weighted by atomic mass is 32.2. The fraction of sp³-hybridized carbons (Fsp3) is 0.333. The first-order valence-corrected chi connectivity index (χ1v) is 11.3. The second kappa shape index (κ2) is 7.51. The van der Waals surface area contributed by atoms with E-state index in [1.807, 2.05) is 18.2 Å². The number of esters is 1. The van der Waals surface area contributed by atoms with Crippen LogP contribution in [0.25, 0.3) is 0 Å². The normalized spacial score (nSPS) is 15.6. The lowest BCUT2D eigenvalue weighted by atomic mass is 10.00. The van der Waals surface area contributed by atoms with E-state index in [-0.39, 0.29) is 12.5 Å². The summed E-state index contributed by atoms with van der Waals surface area (Å²) in [6.45, 7) is 1.18. The maximum atomic E-state index is 12.5. The number of nitrogens with zero attached hydrogens (tertiary/aromatic N) is 2. The summed E-state index contributed by atoms with van der Waals surface area (Å²) in [5, 5.41) is 0. The highest BCUT2D eigenvalue weighted by Gasteiger charge is 2.27. The van der Waals surface area contributed by atoms with E-state index < -0.39 is 16.0 Å². The minimum atomic E-state index is -3.34. The molecule has 0 aliphatic carbocycles. The molecular formula is C21H22N2O5S. The number of ether oxygens (including phenoxy) is 1. The van der Waals surface area contributed by atoms with Crippen LogP contribution in [-0.4, -0.2) is 51.1 Å². The molecule has 2 aromatic rings. The van der Waals surface area contributed by atoms with Crippen molar-refractivity contribution >= 4 is 27.6 Å². The molecule has 1 amide bonds. The lowest BCUT2D eigenvalue weighted by Gasteiger charge is -2.28. The van der Waals surface area contributed by atoms with Crippen LogP contribution in [0, 0.1) is 0 Å². The highest BCUT2D eigenvalue weighted by Crippen LogP contribution is 2.30. The zero-order chi connectivity index (χ0) is 20.6. The molecule has 0 unspecified atom stereocenters. The Hall–Kier alpha value is -2.87. The van der Waals surface area contributed by atoms with Crippen molar-refractivity contribution in [1.29, 1.82) is 0 Å². The van der Waals surface area contributed by atoms with Crippen molar-refractivity contribution in [2.75, 3.05) is 30.3 Å². The minimum absolute atomic E-state index is 0.225. The second-order valence-electron chi connectivity index (χ2n) is 7.34. The quantitative estimate of drug-likeness (QED) is 0.712. The molecule has 0 aromatic heterocycles. The van der Waals surface area contributed by atoms with E-state index in [9.17, 15) is 18.0 Å². The molecule has 0 bridgehead atoms. The van der Waals surface area contributed by atoms with Gasteiger partial charge in [-0.15, -0.1) is 0 Å². The zero-order valence-electron chi connectivity index (χ0n) is 16.1. The molecule has 152 valence electrons. The molecule has 8 heteroatoms. The topological polar surface area (TPSA) is 84.0 Å². The number of fused-ring (bicyclic) bond motifs is 2. The molecule has 4 rings (SSSR count). The number of anilines is 1. The Labute approximate surface area is 169 Å². The maximum absolute atomic E-state index is 12.5. The molecule has 0 fully saturated rings. The zero-order valence-corrected chi connectivity index (χ0v) is 16.9. The van der Waals surface area contributed by atoms with E-state index in [2.05, 4.69) is 6.07 Å². The molecule has 7 nitrogen and oxygen atoms in total. The van der Waals surface area contributed by atoms with Crippen molar-refractivity contribution < 1.29 is 22.7 Å². The van der Waals surface area contributed by atoms with E-state index >= 15 is 0 Å². The van der Waals surface area contributed by atoms with Crippen LogP contribution >= 0.6 is 0 Å². The Bertz CT molecular complexity index is 1080. The summed E-state index contributed by atoms with van der Waals surface area (Å²) < 4.78 is 30.2. The van der Waals surface area contributed by atoms with Crippen LogP contribution in [0.15, 0.2) is 42.5 Å². The fourth-order valence-electron chi connectivity index (χ4n) is 3.85. The van der Waals surface area contributed by atoms with Crippen LogP contribution < -0.4 is 4.31 Å². The molecule has 29 heavy (non-hydrogen) atoms. The highest BCUT2D eigenvalue weighted by molar-refractivity contribution is 7.92. The van der Waals surface area contributed by atoms with E-state index in [0.717, 1.165) is 23.8 Å². The van der Waals surface area contributed by atoms with Crippen LogP contribution in [0.4, 0.5) is 5.69 Å². The molecule has 0 spiro atoms. The number of carbonyl (C=O) groups excluding carboxylic acids is 2. The first-order valence-electron chi connectivity index (χ1n) is 9.45. The van der Waals surface area contributed by atoms with E-state index in [0.29, 0.717) is 37.3 Å². The summed E-state index contributed by atoms with van der Waals surface area (Å²) in [6, 6.07) is 12.8. The Morgan fingerprint density at radius 1 is 1.00 bits per heavy atom. The molecule has 0 N–H and O–H groups in total. The number of sulfonamides is 1.